The molecule has 0 radical (unpaired) electrons. The van der Waals surface area contributed by atoms with E-state index in [2.05, 4.69) is 26.0 Å². The van der Waals surface area contributed by atoms with Crippen LogP contribution in [-0.4, -0.2) is 18.6 Å². The largest absolute Gasteiger partial charge is 1.00 e. The quantitative estimate of drug-likeness (QED) is 0.627. The van der Waals surface area contributed by atoms with Gasteiger partial charge in [0.05, 0.1) is 16.5 Å². The molecule has 2 heterocycles. The summed E-state index contributed by atoms with van der Waals surface area (Å²) in [5.41, 5.74) is 0.0396. The molecule has 0 aromatic carbocycles. The molecule has 1 aromatic heterocycles. The summed E-state index contributed by atoms with van der Waals surface area (Å²) in [4.78, 5) is 10.5. The fourth-order valence-corrected chi connectivity index (χ4v) is 2.69. The Labute approximate surface area is 113 Å². The number of thiophene rings is 1. The summed E-state index contributed by atoms with van der Waals surface area (Å²) in [6.07, 6.45) is -3.33. The minimum atomic E-state index is -3.33. The summed E-state index contributed by atoms with van der Waals surface area (Å²) in [7, 11) is 0. The molecule has 1 N–H and O–H groups in total. The number of nitrogens with one attached hydrogen (secondary N) is 1. The third-order valence-corrected chi connectivity index (χ3v) is 3.52. The molecule has 1 aromatic rings. The van der Waals surface area contributed by atoms with Crippen molar-refractivity contribution in [2.75, 3.05) is 11.9 Å². The van der Waals surface area contributed by atoms with Crippen LogP contribution in [-0.2, 0) is 0 Å². The Kier molecular flexibility index (Phi) is 3.90. The Bertz CT molecular complexity index is 440. The fourth-order valence-electron chi connectivity index (χ4n) is 1.16. The van der Waals surface area contributed by atoms with Gasteiger partial charge in [0.2, 0.25) is 0 Å². The van der Waals surface area contributed by atoms with E-state index in [1.807, 2.05) is 0 Å². The van der Waals surface area contributed by atoms with Crippen LogP contribution < -0.4 is 34.0 Å². The smallest absolute Gasteiger partial charge is 0.544 e. The molecule has 9 heteroatoms. The number of hydrogen-bond donors (Lipinski definition) is 1. The fraction of sp³-hybridized carbons (Fsp3) is 0.286. The van der Waals surface area contributed by atoms with Gasteiger partial charge in [0, 0.05) is 0 Å². The van der Waals surface area contributed by atoms with E-state index in [1.165, 1.54) is 0 Å². The average molecular weight is 306 g/mol. The van der Waals surface area contributed by atoms with E-state index in [9.17, 15) is 18.7 Å². The summed E-state index contributed by atoms with van der Waals surface area (Å²) >= 11 is 3.72. The molecule has 4 nitrogen and oxygen atoms in total. The van der Waals surface area contributed by atoms with Crippen molar-refractivity contribution in [1.82, 2.24) is 0 Å². The summed E-state index contributed by atoms with van der Waals surface area (Å²) < 4.78 is 30.2. The first-order valence-electron chi connectivity index (χ1n) is 3.75. The molecule has 0 saturated carbocycles. The van der Waals surface area contributed by atoms with Crippen molar-refractivity contribution >= 4 is 38.9 Å². The normalized spacial score (nSPS) is 16.4. The second kappa shape index (κ2) is 4.53. The Balaban J connectivity index is 0.00000128. The Hall–Kier alpha value is -0.293. The van der Waals surface area contributed by atoms with Crippen LogP contribution in [0.1, 0.15) is 9.67 Å². The van der Waals surface area contributed by atoms with Crippen LogP contribution in [0.5, 0.6) is 5.75 Å². The first-order chi connectivity index (χ1) is 6.91. The standard InChI is InChI=1S/C7H4BrF2NO3S.Li/c8-5-3-2(4(15-5)6(12)13)11-1-7(9,10)14-3;/h11H,1H2,(H,12,13);/q;+1/p-1. The first-order valence-corrected chi connectivity index (χ1v) is 5.36. The molecule has 0 saturated heterocycles. The number of fused-ring (bicyclic) bond motifs is 1. The molecule has 0 unspecified atom stereocenters. The van der Waals surface area contributed by atoms with E-state index in [0.717, 1.165) is 11.3 Å². The number of alkyl halides is 2. The second-order valence-electron chi connectivity index (χ2n) is 2.79. The van der Waals surface area contributed by atoms with Gasteiger partial charge in [-0.1, -0.05) is 0 Å². The number of carbonyl (C=O) groups excluding carboxylic acids is 1. The number of rotatable bonds is 1. The van der Waals surface area contributed by atoms with Crippen LogP contribution in [0.15, 0.2) is 3.79 Å². The molecule has 0 spiro atoms. The molecule has 1 aliphatic rings. The molecule has 0 atom stereocenters. The van der Waals surface area contributed by atoms with Gasteiger partial charge in [0.25, 0.3) is 0 Å². The molecule has 1 aliphatic heterocycles. The molecule has 0 aliphatic carbocycles. The van der Waals surface area contributed by atoms with Crippen LogP contribution in [0.3, 0.4) is 0 Å². The maximum absolute atomic E-state index is 12.8. The maximum Gasteiger partial charge on any atom is 1.00 e. The average Bonchev–Trinajstić information content (AvgIpc) is 2.42. The summed E-state index contributed by atoms with van der Waals surface area (Å²) in [6.45, 7) is -0.760. The van der Waals surface area contributed by atoms with E-state index < -0.39 is 18.6 Å². The van der Waals surface area contributed by atoms with Crippen molar-refractivity contribution in [3.63, 3.8) is 0 Å². The molecule has 0 bridgehead atoms. The van der Waals surface area contributed by atoms with Crippen LogP contribution in [0.4, 0.5) is 14.5 Å². The van der Waals surface area contributed by atoms with Gasteiger partial charge in [0.1, 0.15) is 10.3 Å². The minimum absolute atomic E-state index is 0. The van der Waals surface area contributed by atoms with E-state index in [4.69, 9.17) is 0 Å². The molecule has 2 rings (SSSR count). The zero-order chi connectivity index (χ0) is 11.2. The van der Waals surface area contributed by atoms with Crippen molar-refractivity contribution in [2.45, 2.75) is 6.11 Å². The van der Waals surface area contributed by atoms with E-state index >= 15 is 0 Å². The third-order valence-electron chi connectivity index (χ3n) is 1.73. The molecular formula is C7H3BrF2LiNO3S. The monoisotopic (exact) mass is 305 g/mol. The Morgan fingerprint density at radius 2 is 2.25 bits per heavy atom. The predicted octanol–water partition coefficient (Wildman–Crippen LogP) is -1.72. The number of carbonyl (C=O) groups is 1. The molecule has 16 heavy (non-hydrogen) atoms. The summed E-state index contributed by atoms with van der Waals surface area (Å²) in [6, 6.07) is 0. The van der Waals surface area contributed by atoms with Gasteiger partial charge in [-0.3, -0.25) is 0 Å². The number of aromatic carboxylic acids is 1. The van der Waals surface area contributed by atoms with Gasteiger partial charge in [-0.25, -0.2) is 0 Å². The van der Waals surface area contributed by atoms with Crippen LogP contribution >= 0.6 is 27.3 Å². The molecule has 82 valence electrons. The van der Waals surface area contributed by atoms with Crippen LogP contribution in [0, 0.1) is 0 Å². The number of anilines is 1. The number of ether oxygens (including phenoxy) is 1. The van der Waals surface area contributed by atoms with Gasteiger partial charge >= 0.3 is 25.0 Å². The Morgan fingerprint density at radius 3 is 2.81 bits per heavy atom. The van der Waals surface area contributed by atoms with Crippen molar-refractivity contribution in [1.29, 1.82) is 0 Å². The minimum Gasteiger partial charge on any atom is -0.544 e. The van der Waals surface area contributed by atoms with E-state index in [-0.39, 0.29) is 39.0 Å². The molecule has 0 fully saturated rings. The van der Waals surface area contributed by atoms with E-state index in [0.29, 0.717) is 0 Å². The second-order valence-corrected chi connectivity index (χ2v) is 5.13. The van der Waals surface area contributed by atoms with Crippen molar-refractivity contribution in [3.05, 3.63) is 8.66 Å². The number of carboxylic acid groups (broad SMARTS) is 1. The zero-order valence-electron chi connectivity index (χ0n) is 7.97. The van der Waals surface area contributed by atoms with Crippen molar-refractivity contribution in [2.24, 2.45) is 0 Å². The predicted molar refractivity (Wildman–Crippen MR) is 50.4 cm³/mol. The van der Waals surface area contributed by atoms with Gasteiger partial charge in [-0.2, -0.15) is 8.78 Å². The number of hydrogen-bond acceptors (Lipinski definition) is 5. The molecular weight excluding hydrogens is 303 g/mol. The van der Waals surface area contributed by atoms with Gasteiger partial charge in [0.15, 0.2) is 5.75 Å². The molecule has 0 amide bonds. The van der Waals surface area contributed by atoms with Crippen LogP contribution in [0.2, 0.25) is 0 Å². The van der Waals surface area contributed by atoms with Crippen molar-refractivity contribution in [3.8, 4) is 5.75 Å². The third kappa shape index (κ3) is 2.35. The number of carboxylic acids is 1. The number of halogens is 3. The van der Waals surface area contributed by atoms with Gasteiger partial charge < -0.3 is 20.0 Å². The first kappa shape index (κ1) is 13.8. The maximum atomic E-state index is 12.8. The van der Waals surface area contributed by atoms with E-state index in [1.54, 1.807) is 0 Å². The van der Waals surface area contributed by atoms with Crippen LogP contribution in [0.25, 0.3) is 0 Å². The van der Waals surface area contributed by atoms with Gasteiger partial charge in [-0.05, 0) is 15.9 Å². The Morgan fingerprint density at radius 1 is 1.62 bits per heavy atom. The summed E-state index contributed by atoms with van der Waals surface area (Å²) in [5, 5.41) is 13.0. The van der Waals surface area contributed by atoms with Crippen molar-refractivity contribution < 1.29 is 42.3 Å². The topological polar surface area (TPSA) is 61.4 Å². The van der Waals surface area contributed by atoms with Gasteiger partial charge in [-0.15, -0.1) is 11.3 Å². The SMILES string of the molecule is O=C([O-])c1sc(Br)c2c1NCC(F)(F)O2.[Li+]. The summed E-state index contributed by atoms with van der Waals surface area (Å²) in [5.74, 6) is -1.61. The zero-order valence-corrected chi connectivity index (χ0v) is 10.4.